The number of hydrogen-bond donors (Lipinski definition) is 1. The number of amides is 1. The van der Waals surface area contributed by atoms with Crippen molar-refractivity contribution in [2.75, 3.05) is 5.32 Å². The molecule has 1 amide bonds. The van der Waals surface area contributed by atoms with Crippen LogP contribution in [-0.2, 0) is 7.05 Å². The van der Waals surface area contributed by atoms with Crippen LogP contribution in [0.2, 0.25) is 0 Å². The van der Waals surface area contributed by atoms with E-state index in [1.165, 1.54) is 17.4 Å². The first-order chi connectivity index (χ1) is 13.9. The number of rotatable bonds is 4. The van der Waals surface area contributed by atoms with Gasteiger partial charge in [0.1, 0.15) is 11.6 Å². The van der Waals surface area contributed by atoms with Crippen molar-refractivity contribution in [3.8, 4) is 22.5 Å². The lowest BCUT2D eigenvalue weighted by molar-refractivity contribution is 0.102. The Morgan fingerprint density at radius 3 is 2.62 bits per heavy atom. The third-order valence-electron chi connectivity index (χ3n) is 4.82. The lowest BCUT2D eigenvalue weighted by Gasteiger charge is -2.06. The molecule has 0 radical (unpaired) electrons. The highest BCUT2D eigenvalue weighted by Crippen LogP contribution is 2.27. The number of aromatic nitrogens is 3. The SMILES string of the molecule is Cc1csc(C(=O)Nc2ccc(-c3cc(-c4ccccc4F)nn3C)cn2)c1C. The van der Waals surface area contributed by atoms with E-state index in [9.17, 15) is 9.18 Å². The fourth-order valence-corrected chi connectivity index (χ4v) is 4.02. The predicted octanol–water partition coefficient (Wildman–Crippen LogP) is 5.22. The van der Waals surface area contributed by atoms with Gasteiger partial charge in [0.2, 0.25) is 0 Å². The van der Waals surface area contributed by atoms with Crippen LogP contribution >= 0.6 is 11.3 Å². The van der Waals surface area contributed by atoms with Gasteiger partial charge in [-0.15, -0.1) is 11.3 Å². The van der Waals surface area contributed by atoms with E-state index < -0.39 is 0 Å². The summed E-state index contributed by atoms with van der Waals surface area (Å²) in [6.07, 6.45) is 1.67. The average Bonchev–Trinajstić information content (AvgIpc) is 3.25. The van der Waals surface area contributed by atoms with Gasteiger partial charge in [-0.25, -0.2) is 9.37 Å². The van der Waals surface area contributed by atoms with E-state index in [1.807, 2.05) is 31.4 Å². The largest absolute Gasteiger partial charge is 0.306 e. The third kappa shape index (κ3) is 3.69. The van der Waals surface area contributed by atoms with Crippen molar-refractivity contribution >= 4 is 23.1 Å². The second-order valence-corrected chi connectivity index (χ2v) is 7.66. The van der Waals surface area contributed by atoms with E-state index in [0.29, 0.717) is 22.0 Å². The number of benzene rings is 1. The Morgan fingerprint density at radius 2 is 1.97 bits per heavy atom. The second kappa shape index (κ2) is 7.60. The standard InChI is InChI=1S/C22H19FN4OS/c1-13-12-29-21(14(13)2)22(28)25-20-9-8-15(11-24-20)19-10-18(26-27(19)3)16-6-4-5-7-17(16)23/h4-12H,1-3H3,(H,24,25,28). The Morgan fingerprint density at radius 1 is 1.17 bits per heavy atom. The molecule has 0 aliphatic rings. The van der Waals surface area contributed by atoms with Crippen LogP contribution in [0.1, 0.15) is 20.8 Å². The molecule has 0 atom stereocenters. The summed E-state index contributed by atoms with van der Waals surface area (Å²) in [4.78, 5) is 17.5. The lowest BCUT2D eigenvalue weighted by Crippen LogP contribution is -2.12. The number of pyridine rings is 1. The second-order valence-electron chi connectivity index (χ2n) is 6.78. The summed E-state index contributed by atoms with van der Waals surface area (Å²) in [7, 11) is 1.80. The Balaban J connectivity index is 1.56. The fourth-order valence-electron chi connectivity index (χ4n) is 3.06. The van der Waals surface area contributed by atoms with Crippen molar-refractivity contribution in [1.82, 2.24) is 14.8 Å². The van der Waals surface area contributed by atoms with E-state index in [1.54, 1.807) is 42.2 Å². The van der Waals surface area contributed by atoms with Gasteiger partial charge in [0.25, 0.3) is 5.91 Å². The van der Waals surface area contributed by atoms with Crippen molar-refractivity contribution in [2.24, 2.45) is 7.05 Å². The van der Waals surface area contributed by atoms with E-state index in [-0.39, 0.29) is 11.7 Å². The third-order valence-corrected chi connectivity index (χ3v) is 6.02. The van der Waals surface area contributed by atoms with Crippen LogP contribution in [0.4, 0.5) is 10.2 Å². The molecule has 0 bridgehead atoms. The smallest absolute Gasteiger partial charge is 0.267 e. The summed E-state index contributed by atoms with van der Waals surface area (Å²) in [5, 5.41) is 9.22. The predicted molar refractivity (Wildman–Crippen MR) is 114 cm³/mol. The molecule has 0 aliphatic heterocycles. The summed E-state index contributed by atoms with van der Waals surface area (Å²) in [5.41, 5.74) is 4.72. The topological polar surface area (TPSA) is 59.8 Å². The maximum absolute atomic E-state index is 14.1. The summed E-state index contributed by atoms with van der Waals surface area (Å²) in [5.74, 6) is -0.00337. The molecule has 0 unspecified atom stereocenters. The average molecular weight is 406 g/mol. The molecule has 29 heavy (non-hydrogen) atoms. The zero-order valence-corrected chi connectivity index (χ0v) is 17.0. The quantitative estimate of drug-likeness (QED) is 0.506. The number of thiophene rings is 1. The summed E-state index contributed by atoms with van der Waals surface area (Å²) < 4.78 is 15.8. The van der Waals surface area contributed by atoms with Crippen molar-refractivity contribution in [1.29, 1.82) is 0 Å². The Bertz CT molecular complexity index is 1190. The van der Waals surface area contributed by atoms with Crippen molar-refractivity contribution < 1.29 is 9.18 Å². The van der Waals surface area contributed by atoms with Gasteiger partial charge in [-0.2, -0.15) is 5.10 Å². The molecule has 0 saturated heterocycles. The molecular weight excluding hydrogens is 387 g/mol. The fraction of sp³-hybridized carbons (Fsp3) is 0.136. The maximum atomic E-state index is 14.1. The van der Waals surface area contributed by atoms with E-state index in [0.717, 1.165) is 22.4 Å². The summed E-state index contributed by atoms with van der Waals surface area (Å²) in [6.45, 7) is 3.92. The van der Waals surface area contributed by atoms with Crippen LogP contribution in [0, 0.1) is 19.7 Å². The van der Waals surface area contributed by atoms with Crippen molar-refractivity contribution in [3.05, 3.63) is 75.9 Å². The van der Waals surface area contributed by atoms with Gasteiger partial charge in [0.15, 0.2) is 0 Å². The van der Waals surface area contributed by atoms with Gasteiger partial charge >= 0.3 is 0 Å². The minimum atomic E-state index is -0.313. The first-order valence-electron chi connectivity index (χ1n) is 9.05. The summed E-state index contributed by atoms with van der Waals surface area (Å²) in [6, 6.07) is 12.0. The van der Waals surface area contributed by atoms with Gasteiger partial charge in [0.05, 0.1) is 16.3 Å². The van der Waals surface area contributed by atoms with E-state index >= 15 is 0 Å². The van der Waals surface area contributed by atoms with Crippen LogP contribution in [-0.4, -0.2) is 20.7 Å². The number of carbonyl (C=O) groups is 1. The highest BCUT2D eigenvalue weighted by Gasteiger charge is 2.15. The van der Waals surface area contributed by atoms with Crippen LogP contribution in [0.15, 0.2) is 54.0 Å². The molecule has 146 valence electrons. The van der Waals surface area contributed by atoms with Crippen LogP contribution in [0.3, 0.4) is 0 Å². The molecule has 0 saturated carbocycles. The summed E-state index contributed by atoms with van der Waals surface area (Å²) >= 11 is 1.43. The van der Waals surface area contributed by atoms with E-state index in [4.69, 9.17) is 0 Å². The normalized spacial score (nSPS) is 10.9. The zero-order chi connectivity index (χ0) is 20.5. The first kappa shape index (κ1) is 19.0. The number of carbonyl (C=O) groups excluding carboxylic acids is 1. The molecule has 0 spiro atoms. The number of anilines is 1. The molecule has 1 N–H and O–H groups in total. The number of nitrogens with one attached hydrogen (secondary N) is 1. The molecule has 0 fully saturated rings. The number of hydrogen-bond acceptors (Lipinski definition) is 4. The van der Waals surface area contributed by atoms with Gasteiger partial charge in [0, 0.05) is 24.4 Å². The minimum Gasteiger partial charge on any atom is -0.306 e. The molecule has 5 nitrogen and oxygen atoms in total. The lowest BCUT2D eigenvalue weighted by atomic mass is 10.1. The minimum absolute atomic E-state index is 0.164. The van der Waals surface area contributed by atoms with Gasteiger partial charge in [-0.05, 0) is 60.7 Å². The number of aryl methyl sites for hydroxylation is 2. The van der Waals surface area contributed by atoms with Crippen LogP contribution < -0.4 is 5.32 Å². The van der Waals surface area contributed by atoms with Gasteiger partial charge < -0.3 is 5.32 Å². The Labute approximate surface area is 171 Å². The molecule has 4 rings (SSSR count). The maximum Gasteiger partial charge on any atom is 0.267 e. The molecular formula is C22H19FN4OS. The molecule has 7 heteroatoms. The highest BCUT2D eigenvalue weighted by atomic mass is 32.1. The monoisotopic (exact) mass is 406 g/mol. The Hall–Kier alpha value is -3.32. The molecule has 4 aromatic rings. The molecule has 3 aromatic heterocycles. The number of halogens is 1. The van der Waals surface area contributed by atoms with Crippen LogP contribution in [0.5, 0.6) is 0 Å². The van der Waals surface area contributed by atoms with Crippen molar-refractivity contribution in [3.63, 3.8) is 0 Å². The zero-order valence-electron chi connectivity index (χ0n) is 16.2. The first-order valence-corrected chi connectivity index (χ1v) is 9.93. The molecule has 1 aromatic carbocycles. The molecule has 3 heterocycles. The van der Waals surface area contributed by atoms with Crippen molar-refractivity contribution in [2.45, 2.75) is 13.8 Å². The van der Waals surface area contributed by atoms with Gasteiger partial charge in [-0.1, -0.05) is 12.1 Å². The highest BCUT2D eigenvalue weighted by molar-refractivity contribution is 7.12. The molecule has 0 aliphatic carbocycles. The Kier molecular flexibility index (Phi) is 4.98. The van der Waals surface area contributed by atoms with E-state index in [2.05, 4.69) is 15.4 Å². The van der Waals surface area contributed by atoms with Gasteiger partial charge in [-0.3, -0.25) is 9.48 Å². The van der Waals surface area contributed by atoms with Crippen LogP contribution in [0.25, 0.3) is 22.5 Å². The number of nitrogens with zero attached hydrogens (tertiary/aromatic N) is 3.